The van der Waals surface area contributed by atoms with E-state index in [1.165, 1.54) is 6.26 Å². The van der Waals surface area contributed by atoms with Crippen molar-refractivity contribution in [3.8, 4) is 0 Å². The third-order valence-corrected chi connectivity index (χ3v) is 4.04. The summed E-state index contributed by atoms with van der Waals surface area (Å²) in [5.41, 5.74) is -0.0257. The molecule has 2 fully saturated rings. The summed E-state index contributed by atoms with van der Waals surface area (Å²) in [5, 5.41) is 3.31. The van der Waals surface area contributed by atoms with Gasteiger partial charge in [-0.05, 0) is 32.2 Å². The summed E-state index contributed by atoms with van der Waals surface area (Å²) in [6.45, 7) is 2.31. The van der Waals surface area contributed by atoms with Gasteiger partial charge in [0.25, 0.3) is 0 Å². The monoisotopic (exact) mass is 248 g/mol. The molecule has 0 aromatic heterocycles. The van der Waals surface area contributed by atoms with Crippen LogP contribution < -0.4 is 10.0 Å². The van der Waals surface area contributed by atoms with Crippen LogP contribution in [-0.2, 0) is 14.8 Å². The predicted molar refractivity (Wildman–Crippen MR) is 61.8 cm³/mol. The van der Waals surface area contributed by atoms with Crippen LogP contribution in [0.3, 0.4) is 0 Å². The largest absolute Gasteiger partial charge is 0.369 e. The Morgan fingerprint density at radius 1 is 1.50 bits per heavy atom. The zero-order valence-corrected chi connectivity index (χ0v) is 10.5. The van der Waals surface area contributed by atoms with Crippen molar-refractivity contribution in [3.63, 3.8) is 0 Å². The minimum absolute atomic E-state index is 0.0257. The first kappa shape index (κ1) is 12.3. The smallest absolute Gasteiger partial charge is 0.208 e. The Kier molecular flexibility index (Phi) is 3.53. The molecule has 2 rings (SSSR count). The molecule has 6 heteroatoms. The highest BCUT2D eigenvalue weighted by Gasteiger charge is 2.39. The molecule has 2 atom stereocenters. The minimum Gasteiger partial charge on any atom is -0.369 e. The highest BCUT2D eigenvalue weighted by Crippen LogP contribution is 2.33. The summed E-state index contributed by atoms with van der Waals surface area (Å²) in [4.78, 5) is 0. The lowest BCUT2D eigenvalue weighted by Gasteiger charge is -2.38. The van der Waals surface area contributed by atoms with E-state index in [0.717, 1.165) is 38.8 Å². The van der Waals surface area contributed by atoms with Crippen LogP contribution in [0, 0.1) is 0 Å². The fourth-order valence-corrected chi connectivity index (χ4v) is 3.03. The lowest BCUT2D eigenvalue weighted by Crippen LogP contribution is -2.46. The molecule has 0 aliphatic carbocycles. The molecule has 2 N–H and O–H groups in total. The standard InChI is InChI=1S/C10H20N2O3S/c1-16(13,14)12-7-9-3-2-4-10(15-9)5-6-11-8-10/h9,11-12H,2-8H2,1H3/t9-,10-/m1/s1. The molecule has 0 unspecified atom stereocenters. The summed E-state index contributed by atoms with van der Waals surface area (Å²) in [7, 11) is -3.10. The maximum absolute atomic E-state index is 11.0. The lowest BCUT2D eigenvalue weighted by molar-refractivity contribution is -0.113. The van der Waals surface area contributed by atoms with Crippen molar-refractivity contribution in [2.45, 2.75) is 37.4 Å². The van der Waals surface area contributed by atoms with Gasteiger partial charge in [0.2, 0.25) is 10.0 Å². The molecule has 16 heavy (non-hydrogen) atoms. The van der Waals surface area contributed by atoms with Crippen LogP contribution in [0.1, 0.15) is 25.7 Å². The van der Waals surface area contributed by atoms with Crippen molar-refractivity contribution in [1.29, 1.82) is 0 Å². The maximum atomic E-state index is 11.0. The quantitative estimate of drug-likeness (QED) is 0.728. The van der Waals surface area contributed by atoms with E-state index in [1.54, 1.807) is 0 Å². The molecule has 0 radical (unpaired) electrons. The Labute approximate surface area is 97.0 Å². The van der Waals surface area contributed by atoms with Gasteiger partial charge >= 0.3 is 0 Å². The van der Waals surface area contributed by atoms with Crippen molar-refractivity contribution in [2.24, 2.45) is 0 Å². The lowest BCUT2D eigenvalue weighted by atomic mass is 9.91. The molecule has 0 aromatic carbocycles. The number of rotatable bonds is 3. The van der Waals surface area contributed by atoms with Gasteiger partial charge in [-0.25, -0.2) is 13.1 Å². The summed E-state index contributed by atoms with van der Waals surface area (Å²) in [6, 6.07) is 0. The highest BCUT2D eigenvalue weighted by atomic mass is 32.2. The third-order valence-electron chi connectivity index (χ3n) is 3.35. The molecular formula is C10H20N2O3S. The van der Waals surface area contributed by atoms with E-state index in [1.807, 2.05) is 0 Å². The van der Waals surface area contributed by atoms with E-state index >= 15 is 0 Å². The van der Waals surface area contributed by atoms with Crippen LogP contribution in [0.15, 0.2) is 0 Å². The molecule has 0 amide bonds. The first-order valence-corrected chi connectivity index (χ1v) is 7.71. The van der Waals surface area contributed by atoms with E-state index in [9.17, 15) is 8.42 Å². The van der Waals surface area contributed by atoms with E-state index in [2.05, 4.69) is 10.0 Å². The molecule has 0 saturated carbocycles. The second-order valence-corrected chi connectivity index (χ2v) is 6.70. The molecule has 5 nitrogen and oxygen atoms in total. The SMILES string of the molecule is CS(=O)(=O)NC[C@H]1CCC[C@]2(CCNC2)O1. The molecule has 2 aliphatic heterocycles. The predicted octanol–water partition coefficient (Wildman–Crippen LogP) is -0.163. The van der Waals surface area contributed by atoms with Crippen LogP contribution in [-0.4, -0.2) is 46.0 Å². The zero-order chi connectivity index (χ0) is 11.6. The Bertz CT molecular complexity index is 336. The number of nitrogens with one attached hydrogen (secondary N) is 2. The Balaban J connectivity index is 1.87. The summed E-state index contributed by atoms with van der Waals surface area (Å²) < 4.78 is 30.6. The normalized spacial score (nSPS) is 35.7. The van der Waals surface area contributed by atoms with Gasteiger partial charge in [0.15, 0.2) is 0 Å². The zero-order valence-electron chi connectivity index (χ0n) is 9.66. The summed E-state index contributed by atoms with van der Waals surface area (Å²) in [6.07, 6.45) is 5.42. The Morgan fingerprint density at radius 2 is 2.31 bits per heavy atom. The van der Waals surface area contributed by atoms with Crippen molar-refractivity contribution < 1.29 is 13.2 Å². The molecule has 2 saturated heterocycles. The third kappa shape index (κ3) is 3.16. The van der Waals surface area contributed by atoms with Gasteiger partial charge < -0.3 is 10.1 Å². The van der Waals surface area contributed by atoms with Gasteiger partial charge in [-0.1, -0.05) is 0 Å². The van der Waals surface area contributed by atoms with Gasteiger partial charge in [-0.2, -0.15) is 0 Å². The molecular weight excluding hydrogens is 228 g/mol. The van der Waals surface area contributed by atoms with E-state index in [0.29, 0.717) is 6.54 Å². The molecule has 94 valence electrons. The fourth-order valence-electron chi connectivity index (χ4n) is 2.55. The Hall–Kier alpha value is -0.170. The van der Waals surface area contributed by atoms with E-state index in [4.69, 9.17) is 4.74 Å². The van der Waals surface area contributed by atoms with E-state index in [-0.39, 0.29) is 11.7 Å². The second-order valence-electron chi connectivity index (χ2n) is 4.86. The average Bonchev–Trinajstić information content (AvgIpc) is 2.63. The van der Waals surface area contributed by atoms with Gasteiger partial charge in [0, 0.05) is 13.1 Å². The molecule has 2 aliphatic rings. The van der Waals surface area contributed by atoms with Gasteiger partial charge in [0.05, 0.1) is 18.0 Å². The van der Waals surface area contributed by atoms with Gasteiger partial charge in [-0.3, -0.25) is 0 Å². The highest BCUT2D eigenvalue weighted by molar-refractivity contribution is 7.88. The molecule has 0 bridgehead atoms. The molecule has 2 heterocycles. The van der Waals surface area contributed by atoms with Crippen LogP contribution >= 0.6 is 0 Å². The van der Waals surface area contributed by atoms with Crippen molar-refractivity contribution in [3.05, 3.63) is 0 Å². The van der Waals surface area contributed by atoms with Crippen LogP contribution in [0.2, 0.25) is 0 Å². The molecule has 1 spiro atoms. The number of sulfonamides is 1. The first-order chi connectivity index (χ1) is 7.49. The number of ether oxygens (including phenoxy) is 1. The topological polar surface area (TPSA) is 67.4 Å². The van der Waals surface area contributed by atoms with Crippen LogP contribution in [0.5, 0.6) is 0 Å². The van der Waals surface area contributed by atoms with Crippen molar-refractivity contribution in [2.75, 3.05) is 25.9 Å². The fraction of sp³-hybridized carbons (Fsp3) is 1.00. The van der Waals surface area contributed by atoms with Crippen molar-refractivity contribution in [1.82, 2.24) is 10.0 Å². The van der Waals surface area contributed by atoms with E-state index < -0.39 is 10.0 Å². The second kappa shape index (κ2) is 4.60. The maximum Gasteiger partial charge on any atom is 0.208 e. The first-order valence-electron chi connectivity index (χ1n) is 5.82. The molecule has 0 aromatic rings. The number of hydrogen-bond donors (Lipinski definition) is 2. The van der Waals surface area contributed by atoms with Gasteiger partial charge in [-0.15, -0.1) is 0 Å². The Morgan fingerprint density at radius 3 is 2.94 bits per heavy atom. The summed E-state index contributed by atoms with van der Waals surface area (Å²) >= 11 is 0. The average molecular weight is 248 g/mol. The van der Waals surface area contributed by atoms with Crippen molar-refractivity contribution >= 4 is 10.0 Å². The van der Waals surface area contributed by atoms with Gasteiger partial charge in [0.1, 0.15) is 0 Å². The number of hydrogen-bond acceptors (Lipinski definition) is 4. The summed E-state index contributed by atoms with van der Waals surface area (Å²) in [5.74, 6) is 0. The van der Waals surface area contributed by atoms with Crippen LogP contribution in [0.25, 0.3) is 0 Å². The minimum atomic E-state index is -3.10. The van der Waals surface area contributed by atoms with Crippen LogP contribution in [0.4, 0.5) is 0 Å².